The summed E-state index contributed by atoms with van der Waals surface area (Å²) in [6, 6.07) is 0.138. The van der Waals surface area contributed by atoms with Gasteiger partial charge in [-0.3, -0.25) is 0 Å². The van der Waals surface area contributed by atoms with Gasteiger partial charge in [0, 0.05) is 6.04 Å². The van der Waals surface area contributed by atoms with Crippen LogP contribution in [0.1, 0.15) is 25.7 Å². The van der Waals surface area contributed by atoms with Gasteiger partial charge in [0.15, 0.2) is 0 Å². The predicted octanol–water partition coefficient (Wildman–Crippen LogP) is 1.23. The molecule has 0 saturated heterocycles. The monoisotopic (exact) mass is 117 g/mol. The first kappa shape index (κ1) is 6.02. The van der Waals surface area contributed by atoms with Crippen molar-refractivity contribution >= 4 is 0 Å². The normalized spacial score (nSPS) is 39.8. The lowest BCUT2D eigenvalue weighted by atomic mass is 9.95. The molecule has 0 aromatic heterocycles. The van der Waals surface area contributed by atoms with Crippen molar-refractivity contribution in [1.29, 1.82) is 0 Å². The highest BCUT2D eigenvalue weighted by molar-refractivity contribution is 4.73. The third-order valence-electron chi connectivity index (χ3n) is 1.65. The van der Waals surface area contributed by atoms with Crippen molar-refractivity contribution in [2.24, 2.45) is 5.73 Å². The predicted molar refractivity (Wildman–Crippen MR) is 31.3 cm³/mol. The molecule has 1 aliphatic rings. The van der Waals surface area contributed by atoms with Crippen molar-refractivity contribution in [3.63, 3.8) is 0 Å². The summed E-state index contributed by atoms with van der Waals surface area (Å²) in [4.78, 5) is 0. The lowest BCUT2D eigenvalue weighted by Gasteiger charge is -2.19. The summed E-state index contributed by atoms with van der Waals surface area (Å²) < 4.78 is 12.4. The second-order valence-electron chi connectivity index (χ2n) is 2.52. The maximum absolute atomic E-state index is 12.4. The molecule has 48 valence electrons. The van der Waals surface area contributed by atoms with Gasteiger partial charge in [-0.2, -0.15) is 0 Å². The number of hydrogen-bond donors (Lipinski definition) is 1. The number of nitrogens with two attached hydrogens (primary N) is 1. The first-order chi connectivity index (χ1) is 3.79. The van der Waals surface area contributed by atoms with Gasteiger partial charge in [-0.05, 0) is 25.7 Å². The molecule has 0 aliphatic heterocycles. The molecular formula is C6H12FN. The van der Waals surface area contributed by atoms with Gasteiger partial charge in [-0.25, -0.2) is 4.39 Å². The molecule has 0 spiro atoms. The van der Waals surface area contributed by atoms with Crippen LogP contribution >= 0.6 is 0 Å². The quantitative estimate of drug-likeness (QED) is 0.507. The average Bonchev–Trinajstić information content (AvgIpc) is 1.64. The summed E-state index contributed by atoms with van der Waals surface area (Å²) >= 11 is 0. The van der Waals surface area contributed by atoms with Gasteiger partial charge in [0.25, 0.3) is 0 Å². The van der Waals surface area contributed by atoms with Crippen LogP contribution in [0, 0.1) is 0 Å². The zero-order valence-corrected chi connectivity index (χ0v) is 4.94. The lowest BCUT2D eigenvalue weighted by molar-refractivity contribution is 0.232. The smallest absolute Gasteiger partial charge is 0.102 e. The molecule has 8 heavy (non-hydrogen) atoms. The highest BCUT2D eigenvalue weighted by Crippen LogP contribution is 2.18. The van der Waals surface area contributed by atoms with Crippen molar-refractivity contribution in [2.75, 3.05) is 0 Å². The van der Waals surface area contributed by atoms with E-state index in [1.807, 2.05) is 0 Å². The Morgan fingerprint density at radius 3 is 2.50 bits per heavy atom. The van der Waals surface area contributed by atoms with E-state index in [9.17, 15) is 4.39 Å². The van der Waals surface area contributed by atoms with E-state index < -0.39 is 6.17 Å². The molecule has 1 nitrogen and oxygen atoms in total. The summed E-state index contributed by atoms with van der Waals surface area (Å²) in [5, 5.41) is 0. The Balaban J connectivity index is 2.23. The molecule has 0 aromatic carbocycles. The van der Waals surface area contributed by atoms with E-state index in [4.69, 9.17) is 5.73 Å². The van der Waals surface area contributed by atoms with Crippen LogP contribution in [-0.4, -0.2) is 12.2 Å². The minimum absolute atomic E-state index is 0.138. The minimum Gasteiger partial charge on any atom is -0.328 e. The van der Waals surface area contributed by atoms with E-state index >= 15 is 0 Å². The molecule has 0 bridgehead atoms. The highest BCUT2D eigenvalue weighted by atomic mass is 19.1. The van der Waals surface area contributed by atoms with Crippen LogP contribution in [0.3, 0.4) is 0 Å². The summed E-state index contributed by atoms with van der Waals surface area (Å²) in [6.45, 7) is 0. The molecule has 0 unspecified atom stereocenters. The second kappa shape index (κ2) is 2.44. The third-order valence-corrected chi connectivity index (χ3v) is 1.65. The number of rotatable bonds is 0. The Morgan fingerprint density at radius 1 is 1.38 bits per heavy atom. The SMILES string of the molecule is N[C@H]1CCC[C@@H](F)C1. The van der Waals surface area contributed by atoms with Crippen molar-refractivity contribution in [1.82, 2.24) is 0 Å². The van der Waals surface area contributed by atoms with Crippen LogP contribution in [0.25, 0.3) is 0 Å². The van der Waals surface area contributed by atoms with Crippen LogP contribution in [0.2, 0.25) is 0 Å². The molecule has 0 heterocycles. The fourth-order valence-corrected chi connectivity index (χ4v) is 1.17. The van der Waals surface area contributed by atoms with E-state index in [0.29, 0.717) is 6.42 Å². The van der Waals surface area contributed by atoms with Crippen LogP contribution in [0.4, 0.5) is 4.39 Å². The van der Waals surface area contributed by atoms with Crippen LogP contribution < -0.4 is 5.73 Å². The molecule has 1 rings (SSSR count). The Bertz CT molecular complexity index is 66.9. The molecule has 2 atom stereocenters. The fraction of sp³-hybridized carbons (Fsp3) is 1.00. The van der Waals surface area contributed by atoms with Gasteiger partial charge in [-0.15, -0.1) is 0 Å². The van der Waals surface area contributed by atoms with Crippen molar-refractivity contribution < 1.29 is 4.39 Å². The Labute approximate surface area is 49.1 Å². The maximum Gasteiger partial charge on any atom is 0.102 e. The molecule has 2 N–H and O–H groups in total. The Kier molecular flexibility index (Phi) is 1.84. The zero-order chi connectivity index (χ0) is 5.98. The van der Waals surface area contributed by atoms with Crippen LogP contribution in [-0.2, 0) is 0 Å². The largest absolute Gasteiger partial charge is 0.328 e. The summed E-state index contributed by atoms with van der Waals surface area (Å²) in [6.07, 6.45) is 2.69. The molecule has 0 radical (unpaired) electrons. The number of halogens is 1. The van der Waals surface area contributed by atoms with Crippen molar-refractivity contribution in [3.8, 4) is 0 Å². The molecule has 1 saturated carbocycles. The first-order valence-corrected chi connectivity index (χ1v) is 3.18. The second-order valence-corrected chi connectivity index (χ2v) is 2.52. The van der Waals surface area contributed by atoms with Gasteiger partial charge in [0.05, 0.1) is 0 Å². The summed E-state index contributed by atoms with van der Waals surface area (Å²) in [5.41, 5.74) is 5.49. The molecule has 1 fully saturated rings. The maximum atomic E-state index is 12.4. The topological polar surface area (TPSA) is 26.0 Å². The standard InChI is InChI=1S/C6H12FN/c7-5-2-1-3-6(8)4-5/h5-6H,1-4,8H2/t5-,6+/m1/s1. The van der Waals surface area contributed by atoms with E-state index in [-0.39, 0.29) is 6.04 Å². The van der Waals surface area contributed by atoms with Gasteiger partial charge in [0.1, 0.15) is 6.17 Å². The van der Waals surface area contributed by atoms with E-state index in [2.05, 4.69) is 0 Å². The van der Waals surface area contributed by atoms with Gasteiger partial charge in [-0.1, -0.05) is 0 Å². The van der Waals surface area contributed by atoms with Gasteiger partial charge in [0.2, 0.25) is 0 Å². The summed E-state index contributed by atoms with van der Waals surface area (Å²) in [7, 11) is 0. The lowest BCUT2D eigenvalue weighted by Crippen LogP contribution is -2.28. The van der Waals surface area contributed by atoms with Crippen molar-refractivity contribution in [2.45, 2.75) is 37.9 Å². The van der Waals surface area contributed by atoms with Crippen molar-refractivity contribution in [3.05, 3.63) is 0 Å². The molecule has 0 amide bonds. The highest BCUT2D eigenvalue weighted by Gasteiger charge is 2.17. The number of hydrogen-bond acceptors (Lipinski definition) is 1. The third kappa shape index (κ3) is 1.44. The van der Waals surface area contributed by atoms with E-state index in [1.165, 1.54) is 0 Å². The molecular weight excluding hydrogens is 105 g/mol. The Hall–Kier alpha value is -0.110. The molecule has 1 aliphatic carbocycles. The molecule has 2 heteroatoms. The molecule has 0 aromatic rings. The zero-order valence-electron chi connectivity index (χ0n) is 4.94. The summed E-state index contributed by atoms with van der Waals surface area (Å²) in [5.74, 6) is 0. The number of alkyl halides is 1. The first-order valence-electron chi connectivity index (χ1n) is 3.18. The fourth-order valence-electron chi connectivity index (χ4n) is 1.17. The minimum atomic E-state index is -0.612. The van der Waals surface area contributed by atoms with Crippen LogP contribution in [0.15, 0.2) is 0 Å². The van der Waals surface area contributed by atoms with Crippen LogP contribution in [0.5, 0.6) is 0 Å². The van der Waals surface area contributed by atoms with E-state index in [0.717, 1.165) is 19.3 Å². The van der Waals surface area contributed by atoms with Gasteiger partial charge < -0.3 is 5.73 Å². The average molecular weight is 117 g/mol. The van der Waals surface area contributed by atoms with E-state index in [1.54, 1.807) is 0 Å². The van der Waals surface area contributed by atoms with Gasteiger partial charge >= 0.3 is 0 Å². The Morgan fingerprint density at radius 2 is 2.12 bits per heavy atom.